The zero-order valence-corrected chi connectivity index (χ0v) is 18.5. The van der Waals surface area contributed by atoms with E-state index in [1.165, 1.54) is 13.0 Å². The summed E-state index contributed by atoms with van der Waals surface area (Å²) >= 11 is 0. The van der Waals surface area contributed by atoms with Crippen LogP contribution in [0.5, 0.6) is 0 Å². The van der Waals surface area contributed by atoms with Gasteiger partial charge in [-0.25, -0.2) is 9.37 Å². The topological polar surface area (TPSA) is 55.1 Å². The maximum atomic E-state index is 14.2. The third kappa shape index (κ3) is 4.23. The largest absolute Gasteiger partial charge is 0.430 e. The van der Waals surface area contributed by atoms with E-state index in [1.54, 1.807) is 30.3 Å². The van der Waals surface area contributed by atoms with E-state index < -0.39 is 34.9 Å². The van der Waals surface area contributed by atoms with Crippen LogP contribution in [-0.4, -0.2) is 27.0 Å². The minimum atomic E-state index is -6.10. The predicted octanol–water partition coefficient (Wildman–Crippen LogP) is 5.74. The number of nitrogens with zero attached hydrogens (tertiary/aromatic N) is 2. The van der Waals surface area contributed by atoms with Gasteiger partial charge in [0.05, 0.1) is 16.6 Å². The Balaban J connectivity index is 2.02. The normalized spacial score (nSPS) is 12.8. The van der Waals surface area contributed by atoms with Crippen LogP contribution in [-0.2, 0) is 12.0 Å². The van der Waals surface area contributed by atoms with Gasteiger partial charge in [0.1, 0.15) is 11.6 Å². The number of rotatable bonds is 4. The lowest BCUT2D eigenvalue weighted by atomic mass is 9.92. The number of aliphatic hydroxyl groups is 1. The first-order chi connectivity index (χ1) is 16.7. The van der Waals surface area contributed by atoms with E-state index >= 15 is 0 Å². The summed E-state index contributed by atoms with van der Waals surface area (Å²) in [5, 5.41) is 9.76. The van der Waals surface area contributed by atoms with Gasteiger partial charge in [-0.1, -0.05) is 42.5 Å². The minimum Gasteiger partial charge on any atom is -0.369 e. The van der Waals surface area contributed by atoms with Crippen LogP contribution < -0.4 is 5.56 Å². The second-order valence-corrected chi connectivity index (χ2v) is 8.21. The molecule has 0 atom stereocenters. The molecule has 0 aliphatic carbocycles. The first-order valence-corrected chi connectivity index (χ1v) is 10.5. The van der Waals surface area contributed by atoms with E-state index in [4.69, 9.17) is 0 Å². The first kappa shape index (κ1) is 25.4. The van der Waals surface area contributed by atoms with Crippen LogP contribution in [0.4, 0.5) is 30.7 Å². The van der Waals surface area contributed by atoms with Crippen LogP contribution in [0.3, 0.4) is 0 Å². The van der Waals surface area contributed by atoms with Gasteiger partial charge >= 0.3 is 12.4 Å². The van der Waals surface area contributed by atoms with E-state index in [-0.39, 0.29) is 34.4 Å². The molecule has 3 aromatic carbocycles. The van der Waals surface area contributed by atoms with Crippen molar-refractivity contribution in [3.8, 4) is 5.69 Å². The molecular formula is C25H17F7N2O2. The maximum Gasteiger partial charge on any atom is 0.430 e. The van der Waals surface area contributed by atoms with Gasteiger partial charge in [0.15, 0.2) is 0 Å². The number of fused-ring (bicyclic) bond motifs is 1. The van der Waals surface area contributed by atoms with Gasteiger partial charge in [0.2, 0.25) is 0 Å². The van der Waals surface area contributed by atoms with Crippen LogP contribution in [0.1, 0.15) is 22.5 Å². The van der Waals surface area contributed by atoms with E-state index in [9.17, 15) is 40.6 Å². The average molecular weight is 510 g/mol. The highest BCUT2D eigenvalue weighted by atomic mass is 19.4. The Morgan fingerprint density at radius 2 is 1.53 bits per heavy atom. The van der Waals surface area contributed by atoms with Crippen LogP contribution in [0.25, 0.3) is 16.6 Å². The van der Waals surface area contributed by atoms with Crippen LogP contribution in [0, 0.1) is 12.7 Å². The van der Waals surface area contributed by atoms with Gasteiger partial charge in [-0.15, -0.1) is 0 Å². The molecule has 1 aromatic heterocycles. The zero-order chi connectivity index (χ0) is 26.5. The van der Waals surface area contributed by atoms with E-state index in [0.29, 0.717) is 17.7 Å². The lowest BCUT2D eigenvalue weighted by Gasteiger charge is -2.33. The fourth-order valence-corrected chi connectivity index (χ4v) is 3.88. The van der Waals surface area contributed by atoms with Crippen molar-refractivity contribution in [2.24, 2.45) is 0 Å². The fourth-order valence-electron chi connectivity index (χ4n) is 3.88. The van der Waals surface area contributed by atoms with Crippen molar-refractivity contribution in [3.05, 3.63) is 105 Å². The summed E-state index contributed by atoms with van der Waals surface area (Å²) in [4.78, 5) is 17.8. The number of hydrogen-bond acceptors (Lipinski definition) is 3. The summed E-state index contributed by atoms with van der Waals surface area (Å²) in [6.07, 6.45) is -12.2. The number of alkyl halides is 6. The molecule has 1 heterocycles. The summed E-state index contributed by atoms with van der Waals surface area (Å²) in [7, 11) is 0. The van der Waals surface area contributed by atoms with Crippen LogP contribution in [0.15, 0.2) is 71.5 Å². The smallest absolute Gasteiger partial charge is 0.369 e. The number of aryl methyl sites for hydroxylation is 1. The molecule has 0 fully saturated rings. The van der Waals surface area contributed by atoms with Crippen LogP contribution >= 0.6 is 0 Å². The Bertz CT molecular complexity index is 1480. The number of aromatic nitrogens is 2. The predicted molar refractivity (Wildman–Crippen MR) is 117 cm³/mol. The average Bonchev–Trinajstić information content (AvgIpc) is 2.79. The van der Waals surface area contributed by atoms with Gasteiger partial charge in [-0.05, 0) is 36.2 Å². The first-order valence-electron chi connectivity index (χ1n) is 10.5. The van der Waals surface area contributed by atoms with Gasteiger partial charge in [-0.3, -0.25) is 9.36 Å². The fraction of sp³-hybridized carbons (Fsp3) is 0.200. The van der Waals surface area contributed by atoms with Crippen molar-refractivity contribution in [1.29, 1.82) is 0 Å². The lowest BCUT2D eigenvalue weighted by Crippen LogP contribution is -2.54. The quantitative estimate of drug-likeness (QED) is 0.357. The van der Waals surface area contributed by atoms with Crippen LogP contribution in [0.2, 0.25) is 0 Å². The molecule has 4 aromatic rings. The highest BCUT2D eigenvalue weighted by molar-refractivity contribution is 5.79. The van der Waals surface area contributed by atoms with Crippen molar-refractivity contribution >= 4 is 10.9 Å². The molecule has 0 aliphatic heterocycles. The van der Waals surface area contributed by atoms with E-state index in [0.717, 1.165) is 22.8 Å². The molecule has 0 radical (unpaired) electrons. The van der Waals surface area contributed by atoms with Gasteiger partial charge in [-0.2, -0.15) is 26.3 Å². The molecule has 4 nitrogen and oxygen atoms in total. The third-order valence-electron chi connectivity index (χ3n) is 5.77. The molecule has 11 heteroatoms. The molecule has 188 valence electrons. The Morgan fingerprint density at radius 1 is 0.889 bits per heavy atom. The Kier molecular flexibility index (Phi) is 6.16. The standard InChI is InChI=1S/C25H17F7N2O2/c1-14-10-18-20(13-19(14)26)33-21(11-15-6-3-2-4-7-15)34(22(18)35)17-9-5-8-16(12-17)23(36,24(27,28)29)25(30,31)32/h2-10,12-13,36H,11H2,1H3. The molecule has 0 unspecified atom stereocenters. The number of benzene rings is 3. The molecule has 0 spiro atoms. The summed E-state index contributed by atoms with van der Waals surface area (Å²) in [6, 6.07) is 13.6. The third-order valence-corrected chi connectivity index (χ3v) is 5.77. The maximum absolute atomic E-state index is 14.2. The van der Waals surface area contributed by atoms with Gasteiger partial charge in [0.25, 0.3) is 11.2 Å². The minimum absolute atomic E-state index is 0.0245. The SMILES string of the molecule is Cc1cc2c(=O)n(-c3cccc(C(O)(C(F)(F)F)C(F)(F)F)c3)c(Cc3ccccc3)nc2cc1F. The molecule has 0 saturated carbocycles. The molecular weight excluding hydrogens is 493 g/mol. The highest BCUT2D eigenvalue weighted by Gasteiger charge is 2.71. The molecule has 0 aliphatic rings. The summed E-state index contributed by atoms with van der Waals surface area (Å²) in [6.45, 7) is 1.39. The van der Waals surface area contributed by atoms with Crippen molar-refractivity contribution in [3.63, 3.8) is 0 Å². The Morgan fingerprint density at radius 3 is 2.14 bits per heavy atom. The second kappa shape index (κ2) is 8.74. The summed E-state index contributed by atoms with van der Waals surface area (Å²) in [5.74, 6) is -0.693. The lowest BCUT2D eigenvalue weighted by molar-refractivity contribution is -0.376. The molecule has 0 amide bonds. The molecule has 0 bridgehead atoms. The van der Waals surface area contributed by atoms with Crippen molar-refractivity contribution in [1.82, 2.24) is 9.55 Å². The summed E-state index contributed by atoms with van der Waals surface area (Å²) < 4.78 is 95.9. The van der Waals surface area contributed by atoms with Gasteiger partial charge < -0.3 is 5.11 Å². The monoisotopic (exact) mass is 510 g/mol. The van der Waals surface area contributed by atoms with Crippen molar-refractivity contribution in [2.75, 3.05) is 0 Å². The van der Waals surface area contributed by atoms with Gasteiger partial charge in [0, 0.05) is 18.1 Å². The molecule has 1 N–H and O–H groups in total. The zero-order valence-electron chi connectivity index (χ0n) is 18.5. The summed E-state index contributed by atoms with van der Waals surface area (Å²) in [5.41, 5.74) is -7.20. The van der Waals surface area contributed by atoms with E-state index in [2.05, 4.69) is 4.98 Å². The van der Waals surface area contributed by atoms with Crippen molar-refractivity contribution in [2.45, 2.75) is 31.3 Å². The number of halogens is 7. The molecule has 36 heavy (non-hydrogen) atoms. The highest BCUT2D eigenvalue weighted by Crippen LogP contribution is 2.50. The Labute approximate surface area is 199 Å². The second-order valence-electron chi connectivity index (χ2n) is 8.21. The van der Waals surface area contributed by atoms with E-state index in [1.807, 2.05) is 0 Å². The molecule has 4 rings (SSSR count). The number of hydrogen-bond donors (Lipinski definition) is 1. The van der Waals surface area contributed by atoms with Crippen molar-refractivity contribution < 1.29 is 35.8 Å². The molecule has 0 saturated heterocycles. The Hall–Kier alpha value is -3.73.